The number of hydrogen-bond donors (Lipinski definition) is 1. The predicted molar refractivity (Wildman–Crippen MR) is 116 cm³/mol. The summed E-state index contributed by atoms with van der Waals surface area (Å²) >= 11 is 6.12. The molecule has 0 aliphatic heterocycles. The second-order valence-electron chi connectivity index (χ2n) is 6.45. The number of nitriles is 1. The topological polar surface area (TPSA) is 62.1 Å². The van der Waals surface area contributed by atoms with Gasteiger partial charge < -0.3 is 10.1 Å². The van der Waals surface area contributed by atoms with Gasteiger partial charge in [0.05, 0.1) is 0 Å². The Bertz CT molecular complexity index is 1090. The molecule has 3 rings (SSSR count). The fourth-order valence-corrected chi connectivity index (χ4v) is 2.90. The highest BCUT2D eigenvalue weighted by Gasteiger charge is 2.12. The number of amides is 1. The molecule has 0 heterocycles. The molecule has 1 amide bonds. The van der Waals surface area contributed by atoms with Crippen LogP contribution in [0.4, 0.5) is 5.69 Å². The maximum atomic E-state index is 12.6. The van der Waals surface area contributed by atoms with Crippen molar-refractivity contribution < 1.29 is 9.53 Å². The largest absolute Gasteiger partial charge is 0.488 e. The minimum absolute atomic E-state index is 0.0432. The smallest absolute Gasteiger partial charge is 0.266 e. The average Bonchev–Trinajstić information content (AvgIpc) is 2.72. The molecule has 0 spiro atoms. The van der Waals surface area contributed by atoms with E-state index in [1.54, 1.807) is 24.3 Å². The lowest BCUT2D eigenvalue weighted by Crippen LogP contribution is -2.13. The minimum atomic E-state index is -0.493. The lowest BCUT2D eigenvalue weighted by atomic mass is 10.1. The molecule has 0 aromatic heterocycles. The van der Waals surface area contributed by atoms with E-state index < -0.39 is 5.91 Å². The van der Waals surface area contributed by atoms with Crippen molar-refractivity contribution in [1.82, 2.24) is 0 Å². The molecule has 0 saturated carbocycles. The number of ether oxygens (including phenoxy) is 1. The summed E-state index contributed by atoms with van der Waals surface area (Å²) < 4.78 is 5.89. The Balaban J connectivity index is 1.83. The summed E-state index contributed by atoms with van der Waals surface area (Å²) in [5, 5.41) is 12.7. The van der Waals surface area contributed by atoms with Crippen molar-refractivity contribution in [2.75, 3.05) is 5.32 Å². The Hall–Kier alpha value is -3.55. The molecule has 1 N–H and O–H groups in total. The number of carbonyl (C=O) groups is 1. The zero-order valence-electron chi connectivity index (χ0n) is 15.9. The summed E-state index contributed by atoms with van der Waals surface area (Å²) in [5.74, 6) is 0.0430. The molecule has 3 aromatic carbocycles. The van der Waals surface area contributed by atoms with E-state index in [1.165, 1.54) is 6.08 Å². The monoisotopic (exact) mass is 402 g/mol. The molecule has 0 atom stereocenters. The molecule has 0 fully saturated rings. The zero-order valence-corrected chi connectivity index (χ0v) is 16.6. The van der Waals surface area contributed by atoms with E-state index >= 15 is 0 Å². The van der Waals surface area contributed by atoms with E-state index in [2.05, 4.69) is 5.32 Å². The van der Waals surface area contributed by atoms with Gasteiger partial charge in [-0.25, -0.2) is 0 Å². The van der Waals surface area contributed by atoms with Crippen LogP contribution >= 0.6 is 11.6 Å². The minimum Gasteiger partial charge on any atom is -0.488 e. The van der Waals surface area contributed by atoms with Crippen LogP contribution in [0, 0.1) is 18.3 Å². The highest BCUT2D eigenvalue weighted by molar-refractivity contribution is 6.30. The Morgan fingerprint density at radius 2 is 1.90 bits per heavy atom. The summed E-state index contributed by atoms with van der Waals surface area (Å²) in [5.41, 5.74) is 3.16. The molecule has 3 aromatic rings. The van der Waals surface area contributed by atoms with E-state index in [1.807, 2.05) is 61.5 Å². The van der Waals surface area contributed by atoms with Gasteiger partial charge in [-0.1, -0.05) is 54.1 Å². The van der Waals surface area contributed by atoms with Gasteiger partial charge in [-0.2, -0.15) is 5.26 Å². The first-order valence-electron chi connectivity index (χ1n) is 9.01. The third-order valence-electron chi connectivity index (χ3n) is 4.15. The Labute approximate surface area is 175 Å². The number of rotatable bonds is 6. The molecular formula is C24H19ClN2O2. The van der Waals surface area contributed by atoms with E-state index in [0.717, 1.165) is 11.1 Å². The molecule has 0 bridgehead atoms. The summed E-state index contributed by atoms with van der Waals surface area (Å²) in [6, 6.07) is 24.2. The molecule has 0 aliphatic carbocycles. The van der Waals surface area contributed by atoms with Crippen molar-refractivity contribution in [3.05, 3.63) is 100 Å². The molecule has 144 valence electrons. The van der Waals surface area contributed by atoms with Gasteiger partial charge in [0.15, 0.2) is 0 Å². The number of hydrogen-bond acceptors (Lipinski definition) is 3. The summed E-state index contributed by atoms with van der Waals surface area (Å²) in [6.45, 7) is 2.29. The van der Waals surface area contributed by atoms with Gasteiger partial charge in [-0.3, -0.25) is 4.79 Å². The highest BCUT2D eigenvalue weighted by atomic mass is 35.5. The molecule has 0 radical (unpaired) electrons. The van der Waals surface area contributed by atoms with Crippen molar-refractivity contribution in [1.29, 1.82) is 5.26 Å². The van der Waals surface area contributed by atoms with Crippen LogP contribution in [0.25, 0.3) is 6.08 Å². The lowest BCUT2D eigenvalue weighted by Gasteiger charge is -2.11. The molecule has 4 nitrogen and oxygen atoms in total. The van der Waals surface area contributed by atoms with E-state index in [-0.39, 0.29) is 5.57 Å². The van der Waals surface area contributed by atoms with Gasteiger partial charge in [0.2, 0.25) is 0 Å². The van der Waals surface area contributed by atoms with Crippen molar-refractivity contribution in [2.45, 2.75) is 13.5 Å². The molecule has 0 aliphatic rings. The summed E-state index contributed by atoms with van der Waals surface area (Å²) in [4.78, 5) is 12.6. The Morgan fingerprint density at radius 1 is 1.10 bits per heavy atom. The maximum absolute atomic E-state index is 12.6. The molecule has 0 unspecified atom stereocenters. The van der Waals surface area contributed by atoms with Crippen LogP contribution < -0.4 is 10.1 Å². The SMILES string of the molecule is Cc1cccc(NC(=O)/C(C#N)=C/c2cc(Cl)ccc2OCc2ccccc2)c1. The zero-order chi connectivity index (χ0) is 20.6. The summed E-state index contributed by atoms with van der Waals surface area (Å²) in [6.07, 6.45) is 1.48. The first-order chi connectivity index (χ1) is 14.0. The molecule has 0 saturated heterocycles. The lowest BCUT2D eigenvalue weighted by molar-refractivity contribution is -0.112. The van der Waals surface area contributed by atoms with Crippen LogP contribution in [-0.4, -0.2) is 5.91 Å². The van der Waals surface area contributed by atoms with Crippen molar-refractivity contribution in [2.24, 2.45) is 0 Å². The standard InChI is InChI=1S/C24H19ClN2O2/c1-17-6-5-9-22(12-17)27-24(28)20(15-26)13-19-14-21(25)10-11-23(19)29-16-18-7-3-2-4-8-18/h2-14H,16H2,1H3,(H,27,28)/b20-13+. The number of benzene rings is 3. The van der Waals surface area contributed by atoms with E-state index in [9.17, 15) is 10.1 Å². The quantitative estimate of drug-likeness (QED) is 0.420. The maximum Gasteiger partial charge on any atom is 0.266 e. The Morgan fingerprint density at radius 3 is 2.62 bits per heavy atom. The Kier molecular flexibility index (Phi) is 6.67. The van der Waals surface area contributed by atoms with Crippen LogP contribution in [-0.2, 0) is 11.4 Å². The number of halogens is 1. The fourth-order valence-electron chi connectivity index (χ4n) is 2.72. The predicted octanol–water partition coefficient (Wildman–Crippen LogP) is 5.77. The van der Waals surface area contributed by atoms with Gasteiger partial charge in [-0.05, 0) is 54.5 Å². The first kappa shape index (κ1) is 20.2. The van der Waals surface area contributed by atoms with Crippen LogP contribution in [0.1, 0.15) is 16.7 Å². The van der Waals surface area contributed by atoms with Crippen LogP contribution in [0.5, 0.6) is 5.75 Å². The van der Waals surface area contributed by atoms with E-state index in [4.69, 9.17) is 16.3 Å². The van der Waals surface area contributed by atoms with E-state index in [0.29, 0.717) is 28.6 Å². The number of nitrogens with zero attached hydrogens (tertiary/aromatic N) is 1. The first-order valence-corrected chi connectivity index (χ1v) is 9.39. The molecular weight excluding hydrogens is 384 g/mol. The van der Waals surface area contributed by atoms with Gasteiger partial charge in [0.25, 0.3) is 5.91 Å². The van der Waals surface area contributed by atoms with Crippen LogP contribution in [0.15, 0.2) is 78.4 Å². The van der Waals surface area contributed by atoms with Crippen LogP contribution in [0.2, 0.25) is 5.02 Å². The fraction of sp³-hybridized carbons (Fsp3) is 0.0833. The molecule has 29 heavy (non-hydrogen) atoms. The normalized spacial score (nSPS) is 10.9. The molecule has 5 heteroatoms. The second kappa shape index (κ2) is 9.59. The van der Waals surface area contributed by atoms with Gasteiger partial charge >= 0.3 is 0 Å². The second-order valence-corrected chi connectivity index (χ2v) is 6.89. The third-order valence-corrected chi connectivity index (χ3v) is 4.38. The van der Waals surface area contributed by atoms with Crippen molar-refractivity contribution in [3.63, 3.8) is 0 Å². The van der Waals surface area contributed by atoms with Gasteiger partial charge in [0.1, 0.15) is 24.0 Å². The van der Waals surface area contributed by atoms with Gasteiger partial charge in [-0.15, -0.1) is 0 Å². The third kappa shape index (κ3) is 5.71. The van der Waals surface area contributed by atoms with Crippen molar-refractivity contribution in [3.8, 4) is 11.8 Å². The number of anilines is 1. The average molecular weight is 403 g/mol. The van der Waals surface area contributed by atoms with Gasteiger partial charge in [0, 0.05) is 16.3 Å². The van der Waals surface area contributed by atoms with Crippen LogP contribution in [0.3, 0.4) is 0 Å². The number of nitrogens with one attached hydrogen (secondary N) is 1. The summed E-state index contributed by atoms with van der Waals surface area (Å²) in [7, 11) is 0. The van der Waals surface area contributed by atoms with Crippen molar-refractivity contribution >= 4 is 29.3 Å². The number of aryl methyl sites for hydroxylation is 1. The number of carbonyl (C=O) groups excluding carboxylic acids is 1. The highest BCUT2D eigenvalue weighted by Crippen LogP contribution is 2.26.